The lowest BCUT2D eigenvalue weighted by Crippen LogP contribution is -2.43. The predicted octanol–water partition coefficient (Wildman–Crippen LogP) is 2.14. The van der Waals surface area contributed by atoms with Gasteiger partial charge in [0.1, 0.15) is 5.76 Å². The molecule has 2 heterocycles. The van der Waals surface area contributed by atoms with E-state index < -0.39 is 5.91 Å². The van der Waals surface area contributed by atoms with Crippen LogP contribution >= 0.6 is 0 Å². The summed E-state index contributed by atoms with van der Waals surface area (Å²) in [6, 6.07) is 10.2. The Kier molecular flexibility index (Phi) is 4.46. The van der Waals surface area contributed by atoms with Crippen molar-refractivity contribution >= 4 is 22.6 Å². The summed E-state index contributed by atoms with van der Waals surface area (Å²) < 4.78 is 6.59. The van der Waals surface area contributed by atoms with Gasteiger partial charge in [-0.1, -0.05) is 18.2 Å². The highest BCUT2D eigenvalue weighted by Crippen LogP contribution is 2.47. The van der Waals surface area contributed by atoms with Gasteiger partial charge in [-0.3, -0.25) is 25.2 Å². The van der Waals surface area contributed by atoms with Crippen LogP contribution < -0.4 is 16.4 Å². The molecule has 144 valence electrons. The molecule has 2 atom stereocenters. The monoisotopic (exact) mass is 380 g/mol. The molecule has 4 rings (SSSR count). The van der Waals surface area contributed by atoms with Gasteiger partial charge in [0.25, 0.3) is 11.5 Å². The number of amides is 2. The molecular formula is C20H20N4O4. The summed E-state index contributed by atoms with van der Waals surface area (Å²) in [6.45, 7) is 3.63. The first-order valence-electron chi connectivity index (χ1n) is 9.12. The number of fused-ring (bicyclic) bond motifs is 1. The minimum absolute atomic E-state index is 0.0358. The Morgan fingerprint density at radius 3 is 2.57 bits per heavy atom. The molecule has 1 aliphatic carbocycles. The van der Waals surface area contributed by atoms with E-state index in [0.29, 0.717) is 17.2 Å². The van der Waals surface area contributed by atoms with Crippen LogP contribution in [0, 0.1) is 5.92 Å². The molecule has 2 aromatic heterocycles. The lowest BCUT2D eigenvalue weighted by molar-refractivity contribution is -0.123. The fourth-order valence-corrected chi connectivity index (χ4v) is 3.30. The van der Waals surface area contributed by atoms with Crippen LogP contribution in [-0.2, 0) is 4.79 Å². The third kappa shape index (κ3) is 3.17. The molecule has 0 bridgehead atoms. The van der Waals surface area contributed by atoms with Crippen molar-refractivity contribution in [2.45, 2.75) is 32.2 Å². The molecule has 8 nitrogen and oxygen atoms in total. The van der Waals surface area contributed by atoms with E-state index in [0.717, 1.165) is 5.76 Å². The van der Waals surface area contributed by atoms with Gasteiger partial charge in [-0.15, -0.1) is 0 Å². The van der Waals surface area contributed by atoms with E-state index in [1.165, 1.54) is 4.68 Å². The number of carbonyl (C=O) groups excluding carboxylic acids is 2. The largest absolute Gasteiger partial charge is 0.469 e. The summed E-state index contributed by atoms with van der Waals surface area (Å²) in [5, 5.41) is 5.07. The number of hydrogen-bond acceptors (Lipinski definition) is 5. The van der Waals surface area contributed by atoms with E-state index in [1.54, 1.807) is 36.6 Å². The summed E-state index contributed by atoms with van der Waals surface area (Å²) >= 11 is 0. The zero-order valence-electron chi connectivity index (χ0n) is 15.5. The Bertz CT molecular complexity index is 1100. The molecule has 1 aliphatic rings. The van der Waals surface area contributed by atoms with Gasteiger partial charge in [-0.2, -0.15) is 5.10 Å². The maximum atomic E-state index is 12.7. The van der Waals surface area contributed by atoms with Crippen molar-refractivity contribution in [1.82, 2.24) is 20.6 Å². The van der Waals surface area contributed by atoms with Crippen molar-refractivity contribution in [3.05, 3.63) is 64.5 Å². The smallest absolute Gasteiger partial charge is 0.290 e. The van der Waals surface area contributed by atoms with Gasteiger partial charge in [-0.05, 0) is 38.5 Å². The van der Waals surface area contributed by atoms with Crippen LogP contribution in [0.3, 0.4) is 0 Å². The Hall–Kier alpha value is -3.42. The fraction of sp³-hybridized carbons (Fsp3) is 0.300. The van der Waals surface area contributed by atoms with E-state index in [1.807, 2.05) is 19.9 Å². The Morgan fingerprint density at radius 2 is 1.89 bits per heavy atom. The molecule has 0 spiro atoms. The number of furan rings is 1. The zero-order valence-corrected chi connectivity index (χ0v) is 15.5. The Balaban J connectivity index is 1.52. The summed E-state index contributed by atoms with van der Waals surface area (Å²) in [5.74, 6) is -0.289. The van der Waals surface area contributed by atoms with E-state index in [4.69, 9.17) is 4.42 Å². The number of carbonyl (C=O) groups is 2. The average Bonchev–Trinajstić information content (AvgIpc) is 3.31. The molecule has 28 heavy (non-hydrogen) atoms. The predicted molar refractivity (Wildman–Crippen MR) is 102 cm³/mol. The van der Waals surface area contributed by atoms with Gasteiger partial charge in [-0.25, -0.2) is 4.68 Å². The van der Waals surface area contributed by atoms with Crippen LogP contribution in [0.1, 0.15) is 48.5 Å². The van der Waals surface area contributed by atoms with Gasteiger partial charge < -0.3 is 4.42 Å². The van der Waals surface area contributed by atoms with Crippen molar-refractivity contribution in [1.29, 1.82) is 0 Å². The molecule has 0 aliphatic heterocycles. The maximum absolute atomic E-state index is 12.7. The second-order valence-electron chi connectivity index (χ2n) is 7.15. The second-order valence-corrected chi connectivity index (χ2v) is 7.15. The molecule has 2 amide bonds. The van der Waals surface area contributed by atoms with Gasteiger partial charge in [0.05, 0.1) is 23.6 Å². The molecule has 1 aromatic carbocycles. The molecule has 8 heteroatoms. The number of benzene rings is 1. The minimum Gasteiger partial charge on any atom is -0.469 e. The number of hydrazine groups is 1. The van der Waals surface area contributed by atoms with Gasteiger partial charge in [0, 0.05) is 11.3 Å². The zero-order chi connectivity index (χ0) is 19.8. The summed E-state index contributed by atoms with van der Waals surface area (Å²) in [6.07, 6.45) is 2.25. The van der Waals surface area contributed by atoms with E-state index in [2.05, 4.69) is 16.0 Å². The van der Waals surface area contributed by atoms with Gasteiger partial charge >= 0.3 is 0 Å². The highest BCUT2D eigenvalue weighted by atomic mass is 16.3. The summed E-state index contributed by atoms with van der Waals surface area (Å²) in [7, 11) is 0. The second kappa shape index (κ2) is 6.95. The van der Waals surface area contributed by atoms with Crippen LogP contribution in [0.4, 0.5) is 0 Å². The lowest BCUT2D eigenvalue weighted by atomic mass is 10.1. The first-order chi connectivity index (χ1) is 13.5. The van der Waals surface area contributed by atoms with Crippen LogP contribution in [0.25, 0.3) is 10.8 Å². The molecule has 1 saturated carbocycles. The van der Waals surface area contributed by atoms with Crippen LogP contribution in [-0.4, -0.2) is 21.6 Å². The van der Waals surface area contributed by atoms with Crippen LogP contribution in [0.2, 0.25) is 0 Å². The minimum atomic E-state index is -0.575. The molecule has 0 saturated heterocycles. The van der Waals surface area contributed by atoms with Crippen molar-refractivity contribution in [3.8, 4) is 0 Å². The maximum Gasteiger partial charge on any atom is 0.290 e. The first kappa shape index (κ1) is 18.0. The number of rotatable bonds is 4. The average molecular weight is 380 g/mol. The van der Waals surface area contributed by atoms with Crippen molar-refractivity contribution < 1.29 is 14.0 Å². The number of nitrogens with one attached hydrogen (secondary N) is 2. The Labute approximate surface area is 160 Å². The third-order valence-corrected chi connectivity index (χ3v) is 4.87. The van der Waals surface area contributed by atoms with Gasteiger partial charge in [0.2, 0.25) is 5.91 Å². The van der Waals surface area contributed by atoms with Crippen LogP contribution in [0.5, 0.6) is 0 Å². The number of aromatic nitrogens is 2. The lowest BCUT2D eigenvalue weighted by Gasteiger charge is -2.13. The summed E-state index contributed by atoms with van der Waals surface area (Å²) in [5.41, 5.74) is 4.70. The van der Waals surface area contributed by atoms with Crippen molar-refractivity contribution in [2.75, 3.05) is 0 Å². The third-order valence-electron chi connectivity index (χ3n) is 4.87. The summed E-state index contributed by atoms with van der Waals surface area (Å²) in [4.78, 5) is 37.5. The topological polar surface area (TPSA) is 106 Å². The molecule has 0 radical (unpaired) electrons. The molecule has 3 aromatic rings. The van der Waals surface area contributed by atoms with Gasteiger partial charge in [0.15, 0.2) is 5.69 Å². The quantitative estimate of drug-likeness (QED) is 0.675. The molecular weight excluding hydrogens is 360 g/mol. The number of nitrogens with zero attached hydrogens (tertiary/aromatic N) is 2. The highest BCUT2D eigenvalue weighted by Gasteiger charge is 2.46. The standard InChI is InChI=1S/C20H20N4O4/c1-11(2)24-20(27)13-7-4-3-6-12(13)17(23-24)19(26)22-21-18(25)15-10-14(15)16-8-5-9-28-16/h3-9,11,14-15H,10H2,1-2H3,(H,21,25)(H,22,26). The van der Waals surface area contributed by atoms with Crippen molar-refractivity contribution in [2.24, 2.45) is 5.92 Å². The SMILES string of the molecule is CC(C)n1nc(C(=O)NNC(=O)C2CC2c2ccco2)c2ccccc2c1=O. The van der Waals surface area contributed by atoms with E-state index in [9.17, 15) is 14.4 Å². The van der Waals surface area contributed by atoms with E-state index in [-0.39, 0.29) is 35.0 Å². The molecule has 2 N–H and O–H groups in total. The fourth-order valence-electron chi connectivity index (χ4n) is 3.30. The highest BCUT2D eigenvalue weighted by molar-refractivity contribution is 6.05. The first-order valence-corrected chi connectivity index (χ1v) is 9.12. The van der Waals surface area contributed by atoms with E-state index >= 15 is 0 Å². The number of hydrogen-bond donors (Lipinski definition) is 2. The van der Waals surface area contributed by atoms with Crippen LogP contribution in [0.15, 0.2) is 51.9 Å². The normalized spacial score (nSPS) is 18.2. The van der Waals surface area contributed by atoms with Crippen molar-refractivity contribution in [3.63, 3.8) is 0 Å². The molecule has 1 fully saturated rings. The molecule has 2 unspecified atom stereocenters. The Morgan fingerprint density at radius 1 is 1.14 bits per heavy atom.